The second-order valence-electron chi connectivity index (χ2n) is 4.04. The summed E-state index contributed by atoms with van der Waals surface area (Å²) in [5.41, 5.74) is 0.543. The molecule has 19 heavy (non-hydrogen) atoms. The lowest BCUT2D eigenvalue weighted by atomic mass is 10.2. The third-order valence-corrected chi connectivity index (χ3v) is 4.90. The molecule has 0 fully saturated rings. The van der Waals surface area contributed by atoms with Crippen molar-refractivity contribution >= 4 is 26.0 Å². The van der Waals surface area contributed by atoms with Crippen LogP contribution in [0, 0.1) is 0 Å². The van der Waals surface area contributed by atoms with Crippen molar-refractivity contribution in [3.05, 3.63) is 28.2 Å². The first-order valence-corrected chi connectivity index (χ1v) is 8.19. The van der Waals surface area contributed by atoms with Crippen LogP contribution in [0.1, 0.15) is 19.4 Å². The Morgan fingerprint density at radius 3 is 2.74 bits per heavy atom. The van der Waals surface area contributed by atoms with Gasteiger partial charge in [0.05, 0.1) is 17.6 Å². The van der Waals surface area contributed by atoms with E-state index in [9.17, 15) is 8.42 Å². The zero-order chi connectivity index (χ0) is 14.5. The van der Waals surface area contributed by atoms with Crippen LogP contribution in [0.3, 0.4) is 0 Å². The van der Waals surface area contributed by atoms with Crippen LogP contribution in [-0.2, 0) is 21.4 Å². The van der Waals surface area contributed by atoms with Crippen LogP contribution in [0.4, 0.5) is 0 Å². The topological polar surface area (TPSA) is 75.6 Å². The molecule has 1 aromatic rings. The summed E-state index contributed by atoms with van der Waals surface area (Å²) in [5, 5.41) is 9.06. The lowest BCUT2D eigenvalue weighted by Crippen LogP contribution is -2.32. The first-order valence-electron chi connectivity index (χ1n) is 5.91. The highest BCUT2D eigenvalue weighted by atomic mass is 79.9. The molecule has 2 N–H and O–H groups in total. The minimum atomic E-state index is -3.62. The van der Waals surface area contributed by atoms with Crippen molar-refractivity contribution in [3.63, 3.8) is 0 Å². The van der Waals surface area contributed by atoms with E-state index in [4.69, 9.17) is 9.84 Å². The maximum Gasteiger partial charge on any atom is 0.241 e. The number of ether oxygens (including phenoxy) is 1. The SMILES string of the molecule is CCOC(C)CNS(=O)(=O)c1cc(CO)ccc1Br. The van der Waals surface area contributed by atoms with E-state index in [2.05, 4.69) is 20.7 Å². The highest BCUT2D eigenvalue weighted by Gasteiger charge is 2.18. The minimum Gasteiger partial charge on any atom is -0.392 e. The number of hydrogen-bond donors (Lipinski definition) is 2. The molecule has 7 heteroatoms. The number of aliphatic hydroxyl groups is 1. The van der Waals surface area contributed by atoms with Crippen LogP contribution < -0.4 is 4.72 Å². The Bertz CT molecular complexity index is 518. The van der Waals surface area contributed by atoms with Crippen molar-refractivity contribution in [1.82, 2.24) is 4.72 Å². The molecule has 0 saturated carbocycles. The standard InChI is InChI=1S/C12H18BrNO4S/c1-3-18-9(2)7-14-19(16,17)12-6-10(8-15)4-5-11(12)13/h4-6,9,14-15H,3,7-8H2,1-2H3. The maximum atomic E-state index is 12.2. The van der Waals surface area contributed by atoms with E-state index >= 15 is 0 Å². The summed E-state index contributed by atoms with van der Waals surface area (Å²) >= 11 is 3.20. The second-order valence-corrected chi connectivity index (χ2v) is 6.63. The van der Waals surface area contributed by atoms with Gasteiger partial charge in [-0.3, -0.25) is 0 Å². The molecule has 0 radical (unpaired) electrons. The first-order chi connectivity index (χ1) is 8.90. The molecular formula is C12H18BrNO4S. The molecule has 0 saturated heterocycles. The molecule has 0 aliphatic carbocycles. The van der Waals surface area contributed by atoms with E-state index in [0.717, 1.165) is 0 Å². The van der Waals surface area contributed by atoms with Gasteiger partial charge < -0.3 is 9.84 Å². The van der Waals surface area contributed by atoms with Gasteiger partial charge in [0.1, 0.15) is 0 Å². The summed E-state index contributed by atoms with van der Waals surface area (Å²) in [6, 6.07) is 4.70. The van der Waals surface area contributed by atoms with Gasteiger partial charge in [-0.05, 0) is 47.5 Å². The largest absolute Gasteiger partial charge is 0.392 e. The first kappa shape index (κ1) is 16.6. The summed E-state index contributed by atoms with van der Waals surface area (Å²) in [6.45, 7) is 4.18. The lowest BCUT2D eigenvalue weighted by Gasteiger charge is -2.14. The van der Waals surface area contributed by atoms with Gasteiger partial charge in [-0.1, -0.05) is 6.07 Å². The van der Waals surface area contributed by atoms with Gasteiger partial charge in [0.15, 0.2) is 0 Å². The van der Waals surface area contributed by atoms with E-state index in [1.54, 1.807) is 19.1 Å². The third kappa shape index (κ3) is 4.85. The molecule has 0 bridgehead atoms. The molecule has 1 unspecified atom stereocenters. The van der Waals surface area contributed by atoms with Crippen molar-refractivity contribution in [2.75, 3.05) is 13.2 Å². The van der Waals surface area contributed by atoms with Crippen molar-refractivity contribution in [2.24, 2.45) is 0 Å². The molecule has 1 rings (SSSR count). The van der Waals surface area contributed by atoms with Gasteiger partial charge in [0.2, 0.25) is 10.0 Å². The summed E-state index contributed by atoms with van der Waals surface area (Å²) in [5.74, 6) is 0. The van der Waals surface area contributed by atoms with E-state index in [1.165, 1.54) is 6.07 Å². The van der Waals surface area contributed by atoms with Crippen LogP contribution in [0.2, 0.25) is 0 Å². The summed E-state index contributed by atoms with van der Waals surface area (Å²) in [7, 11) is -3.62. The zero-order valence-corrected chi connectivity index (χ0v) is 13.3. The second kappa shape index (κ2) is 7.35. The number of sulfonamides is 1. The monoisotopic (exact) mass is 351 g/mol. The Balaban J connectivity index is 2.88. The predicted octanol–water partition coefficient (Wildman–Crippen LogP) is 1.64. The van der Waals surface area contributed by atoms with E-state index in [0.29, 0.717) is 16.6 Å². The van der Waals surface area contributed by atoms with Gasteiger partial charge in [-0.2, -0.15) is 0 Å². The summed E-state index contributed by atoms with van der Waals surface area (Å²) in [6.07, 6.45) is -0.195. The van der Waals surface area contributed by atoms with E-state index < -0.39 is 10.0 Å². The Hall–Kier alpha value is -0.470. The zero-order valence-electron chi connectivity index (χ0n) is 10.9. The van der Waals surface area contributed by atoms with Gasteiger partial charge >= 0.3 is 0 Å². The van der Waals surface area contributed by atoms with Crippen LogP contribution in [-0.4, -0.2) is 32.8 Å². The number of benzene rings is 1. The number of nitrogens with one attached hydrogen (secondary N) is 1. The van der Waals surface area contributed by atoms with Gasteiger partial charge in [0, 0.05) is 17.6 Å². The molecule has 1 aromatic carbocycles. The molecule has 0 heterocycles. The number of hydrogen-bond acceptors (Lipinski definition) is 4. The number of rotatable bonds is 7. The average Bonchev–Trinajstić information content (AvgIpc) is 2.37. The van der Waals surface area contributed by atoms with Crippen molar-refractivity contribution in [2.45, 2.75) is 31.5 Å². The fourth-order valence-corrected chi connectivity index (χ4v) is 3.63. The minimum absolute atomic E-state index is 0.114. The van der Waals surface area contributed by atoms with Gasteiger partial charge in [-0.25, -0.2) is 13.1 Å². The number of aliphatic hydroxyl groups excluding tert-OH is 1. The Labute approximate surface area is 122 Å². The van der Waals surface area contributed by atoms with Crippen LogP contribution >= 0.6 is 15.9 Å². The molecule has 0 aliphatic heterocycles. The quantitative estimate of drug-likeness (QED) is 0.782. The fraction of sp³-hybridized carbons (Fsp3) is 0.500. The normalized spacial score (nSPS) is 13.5. The van der Waals surface area contributed by atoms with Crippen LogP contribution in [0.15, 0.2) is 27.6 Å². The maximum absolute atomic E-state index is 12.2. The molecule has 5 nitrogen and oxygen atoms in total. The van der Waals surface area contributed by atoms with Crippen LogP contribution in [0.5, 0.6) is 0 Å². The van der Waals surface area contributed by atoms with E-state index in [-0.39, 0.29) is 24.2 Å². The van der Waals surface area contributed by atoms with Crippen molar-refractivity contribution in [3.8, 4) is 0 Å². The molecule has 0 aromatic heterocycles. The summed E-state index contributed by atoms with van der Waals surface area (Å²) in [4.78, 5) is 0.114. The molecule has 0 aliphatic rings. The molecule has 0 amide bonds. The van der Waals surface area contributed by atoms with Crippen molar-refractivity contribution < 1.29 is 18.3 Å². The highest BCUT2D eigenvalue weighted by molar-refractivity contribution is 9.10. The fourth-order valence-electron chi connectivity index (χ4n) is 1.50. The Kier molecular flexibility index (Phi) is 6.41. The lowest BCUT2D eigenvalue weighted by molar-refractivity contribution is 0.0799. The molecular weight excluding hydrogens is 334 g/mol. The predicted molar refractivity (Wildman–Crippen MR) is 76.3 cm³/mol. The van der Waals surface area contributed by atoms with E-state index in [1.807, 2.05) is 6.92 Å². The van der Waals surface area contributed by atoms with Gasteiger partial charge in [-0.15, -0.1) is 0 Å². The van der Waals surface area contributed by atoms with Crippen molar-refractivity contribution in [1.29, 1.82) is 0 Å². The summed E-state index contributed by atoms with van der Waals surface area (Å²) < 4.78 is 32.5. The third-order valence-electron chi connectivity index (χ3n) is 2.48. The Morgan fingerprint density at radius 2 is 2.16 bits per heavy atom. The smallest absolute Gasteiger partial charge is 0.241 e. The highest BCUT2D eigenvalue weighted by Crippen LogP contribution is 2.23. The molecule has 1 atom stereocenters. The molecule has 0 spiro atoms. The average molecular weight is 352 g/mol. The Morgan fingerprint density at radius 1 is 1.47 bits per heavy atom. The van der Waals surface area contributed by atoms with Crippen LogP contribution in [0.25, 0.3) is 0 Å². The number of halogens is 1. The van der Waals surface area contributed by atoms with Gasteiger partial charge in [0.25, 0.3) is 0 Å². The molecule has 108 valence electrons.